The molecular weight excluding hydrogens is 232 g/mol. The molecule has 0 bridgehead atoms. The zero-order valence-corrected chi connectivity index (χ0v) is 12.9. The highest BCUT2D eigenvalue weighted by atomic mass is 15.2. The van der Waals surface area contributed by atoms with Crippen LogP contribution in [-0.2, 0) is 0 Å². The SMILES string of the molecule is CCC1CCCN1C(CN)c1cc(C)c(C)cc1C. The molecule has 19 heavy (non-hydrogen) atoms. The highest BCUT2D eigenvalue weighted by Gasteiger charge is 2.30. The van der Waals surface area contributed by atoms with E-state index in [2.05, 4.69) is 44.7 Å². The van der Waals surface area contributed by atoms with Gasteiger partial charge in [0.25, 0.3) is 0 Å². The first-order valence-corrected chi connectivity index (χ1v) is 7.62. The lowest BCUT2D eigenvalue weighted by Gasteiger charge is -2.33. The zero-order chi connectivity index (χ0) is 14.0. The Bertz CT molecular complexity index is 439. The van der Waals surface area contributed by atoms with Gasteiger partial charge in [0.05, 0.1) is 0 Å². The van der Waals surface area contributed by atoms with Crippen LogP contribution in [0.3, 0.4) is 0 Å². The van der Waals surface area contributed by atoms with Gasteiger partial charge in [-0.15, -0.1) is 0 Å². The highest BCUT2D eigenvalue weighted by Crippen LogP contribution is 2.32. The van der Waals surface area contributed by atoms with E-state index in [9.17, 15) is 0 Å². The van der Waals surface area contributed by atoms with Gasteiger partial charge in [-0.1, -0.05) is 19.1 Å². The largest absolute Gasteiger partial charge is 0.329 e. The summed E-state index contributed by atoms with van der Waals surface area (Å²) in [5.74, 6) is 0. The molecule has 2 heteroatoms. The molecular formula is C17H28N2. The third-order valence-electron chi connectivity index (χ3n) is 4.76. The van der Waals surface area contributed by atoms with Crippen LogP contribution >= 0.6 is 0 Å². The minimum Gasteiger partial charge on any atom is -0.329 e. The van der Waals surface area contributed by atoms with E-state index in [1.165, 1.54) is 48.1 Å². The van der Waals surface area contributed by atoms with Crippen LogP contribution in [0.4, 0.5) is 0 Å². The summed E-state index contributed by atoms with van der Waals surface area (Å²) in [4.78, 5) is 2.64. The number of likely N-dealkylation sites (tertiary alicyclic amines) is 1. The number of hydrogen-bond acceptors (Lipinski definition) is 2. The van der Waals surface area contributed by atoms with Gasteiger partial charge in [0.15, 0.2) is 0 Å². The van der Waals surface area contributed by atoms with Crippen LogP contribution in [0, 0.1) is 20.8 Å². The van der Waals surface area contributed by atoms with Crippen molar-refractivity contribution in [3.63, 3.8) is 0 Å². The van der Waals surface area contributed by atoms with E-state index in [0.29, 0.717) is 6.04 Å². The van der Waals surface area contributed by atoms with Crippen LogP contribution in [-0.4, -0.2) is 24.0 Å². The first-order chi connectivity index (χ1) is 9.08. The Balaban J connectivity index is 2.34. The van der Waals surface area contributed by atoms with Crippen molar-refractivity contribution >= 4 is 0 Å². The maximum absolute atomic E-state index is 6.12. The van der Waals surface area contributed by atoms with Gasteiger partial charge in [0.2, 0.25) is 0 Å². The van der Waals surface area contributed by atoms with Gasteiger partial charge in [-0.2, -0.15) is 0 Å². The average molecular weight is 260 g/mol. The Hall–Kier alpha value is -0.860. The van der Waals surface area contributed by atoms with Crippen molar-refractivity contribution < 1.29 is 0 Å². The van der Waals surface area contributed by atoms with E-state index < -0.39 is 0 Å². The monoisotopic (exact) mass is 260 g/mol. The van der Waals surface area contributed by atoms with Crippen molar-refractivity contribution in [2.45, 2.75) is 59.0 Å². The molecule has 1 heterocycles. The van der Waals surface area contributed by atoms with Crippen molar-refractivity contribution in [3.8, 4) is 0 Å². The molecule has 0 radical (unpaired) electrons. The molecule has 1 aromatic carbocycles. The highest BCUT2D eigenvalue weighted by molar-refractivity contribution is 5.38. The summed E-state index contributed by atoms with van der Waals surface area (Å²) in [6.07, 6.45) is 3.89. The second-order valence-corrected chi connectivity index (χ2v) is 5.99. The van der Waals surface area contributed by atoms with Crippen molar-refractivity contribution in [1.82, 2.24) is 4.90 Å². The van der Waals surface area contributed by atoms with Crippen LogP contribution in [0.2, 0.25) is 0 Å². The maximum Gasteiger partial charge on any atom is 0.0476 e. The molecule has 1 fully saturated rings. The summed E-state index contributed by atoms with van der Waals surface area (Å²) in [6.45, 7) is 10.8. The Morgan fingerprint density at radius 3 is 2.53 bits per heavy atom. The average Bonchev–Trinajstić information content (AvgIpc) is 2.84. The van der Waals surface area contributed by atoms with E-state index in [1.807, 2.05) is 0 Å². The Morgan fingerprint density at radius 1 is 1.21 bits per heavy atom. The van der Waals surface area contributed by atoms with E-state index in [1.54, 1.807) is 0 Å². The number of nitrogens with zero attached hydrogens (tertiary/aromatic N) is 1. The van der Waals surface area contributed by atoms with E-state index in [4.69, 9.17) is 5.73 Å². The number of hydrogen-bond donors (Lipinski definition) is 1. The van der Waals surface area contributed by atoms with Gasteiger partial charge >= 0.3 is 0 Å². The summed E-state index contributed by atoms with van der Waals surface area (Å²) in [5, 5.41) is 0. The topological polar surface area (TPSA) is 29.3 Å². The number of benzene rings is 1. The first kappa shape index (κ1) is 14.5. The normalized spacial score (nSPS) is 21.8. The van der Waals surface area contributed by atoms with Crippen molar-refractivity contribution in [1.29, 1.82) is 0 Å². The third-order valence-corrected chi connectivity index (χ3v) is 4.76. The lowest BCUT2D eigenvalue weighted by Crippen LogP contribution is -2.37. The molecule has 0 saturated carbocycles. The molecule has 2 rings (SSSR count). The summed E-state index contributed by atoms with van der Waals surface area (Å²) in [5.41, 5.74) is 11.7. The summed E-state index contributed by atoms with van der Waals surface area (Å²) >= 11 is 0. The predicted octanol–water partition coefficient (Wildman–Crippen LogP) is 3.49. The Kier molecular flexibility index (Phi) is 4.64. The zero-order valence-electron chi connectivity index (χ0n) is 12.9. The number of nitrogens with two attached hydrogens (primary N) is 1. The van der Waals surface area contributed by atoms with E-state index in [-0.39, 0.29) is 0 Å². The second kappa shape index (κ2) is 6.06. The fraction of sp³-hybridized carbons (Fsp3) is 0.647. The molecule has 1 aliphatic rings. The van der Waals surface area contributed by atoms with Crippen LogP contribution in [0.15, 0.2) is 12.1 Å². The Labute approximate surface area is 118 Å². The van der Waals surface area contributed by atoms with Gasteiger partial charge < -0.3 is 5.73 Å². The van der Waals surface area contributed by atoms with Gasteiger partial charge in [-0.3, -0.25) is 4.90 Å². The minimum absolute atomic E-state index is 0.395. The molecule has 106 valence electrons. The maximum atomic E-state index is 6.12. The molecule has 0 aliphatic carbocycles. The molecule has 2 N–H and O–H groups in total. The molecule has 2 unspecified atom stereocenters. The third kappa shape index (κ3) is 2.85. The first-order valence-electron chi connectivity index (χ1n) is 7.62. The lowest BCUT2D eigenvalue weighted by atomic mass is 9.94. The van der Waals surface area contributed by atoms with Crippen LogP contribution < -0.4 is 5.73 Å². The van der Waals surface area contributed by atoms with E-state index in [0.717, 1.165) is 12.6 Å². The number of aryl methyl sites for hydroxylation is 3. The molecule has 1 aromatic rings. The molecule has 2 nitrogen and oxygen atoms in total. The molecule has 0 aromatic heterocycles. The molecule has 0 spiro atoms. The quantitative estimate of drug-likeness (QED) is 0.898. The predicted molar refractivity (Wildman–Crippen MR) is 82.5 cm³/mol. The molecule has 1 saturated heterocycles. The van der Waals surface area contributed by atoms with Gasteiger partial charge in [-0.25, -0.2) is 0 Å². The Morgan fingerprint density at radius 2 is 1.89 bits per heavy atom. The van der Waals surface area contributed by atoms with E-state index >= 15 is 0 Å². The van der Waals surface area contributed by atoms with Crippen molar-refractivity contribution in [2.75, 3.05) is 13.1 Å². The minimum atomic E-state index is 0.395. The smallest absolute Gasteiger partial charge is 0.0476 e. The summed E-state index contributed by atoms with van der Waals surface area (Å²) in [6, 6.07) is 5.78. The summed E-state index contributed by atoms with van der Waals surface area (Å²) < 4.78 is 0. The van der Waals surface area contributed by atoms with Crippen LogP contribution in [0.1, 0.15) is 54.5 Å². The van der Waals surface area contributed by atoms with Crippen molar-refractivity contribution in [2.24, 2.45) is 5.73 Å². The van der Waals surface area contributed by atoms with Crippen LogP contribution in [0.25, 0.3) is 0 Å². The molecule has 2 atom stereocenters. The number of rotatable bonds is 4. The van der Waals surface area contributed by atoms with Crippen LogP contribution in [0.5, 0.6) is 0 Å². The van der Waals surface area contributed by atoms with Crippen molar-refractivity contribution in [3.05, 3.63) is 34.4 Å². The summed E-state index contributed by atoms with van der Waals surface area (Å²) in [7, 11) is 0. The standard InChI is InChI=1S/C17H28N2/c1-5-15-7-6-8-19(15)17(11-18)16-10-13(3)12(2)9-14(16)4/h9-10,15,17H,5-8,11,18H2,1-4H3. The molecule has 1 aliphatic heterocycles. The fourth-order valence-corrected chi connectivity index (χ4v) is 3.49. The lowest BCUT2D eigenvalue weighted by molar-refractivity contribution is 0.180. The molecule has 0 amide bonds. The second-order valence-electron chi connectivity index (χ2n) is 5.99. The fourth-order valence-electron chi connectivity index (χ4n) is 3.49. The van der Waals surface area contributed by atoms with Gasteiger partial charge in [0.1, 0.15) is 0 Å². The van der Waals surface area contributed by atoms with Gasteiger partial charge in [-0.05, 0) is 68.8 Å². The van der Waals surface area contributed by atoms with Gasteiger partial charge in [0, 0.05) is 18.6 Å².